The molecule has 2 N–H and O–H groups in total. The van der Waals surface area contributed by atoms with E-state index in [1.807, 2.05) is 0 Å². The van der Waals surface area contributed by atoms with Crippen LogP contribution >= 0.6 is 0 Å². The maximum Gasteiger partial charge on any atom is 0.241 e. The summed E-state index contributed by atoms with van der Waals surface area (Å²) in [5, 5.41) is 4.92. The Morgan fingerprint density at radius 3 is 2.60 bits per heavy atom. The molecule has 3 atom stereocenters. The summed E-state index contributed by atoms with van der Waals surface area (Å²) in [4.78, 5) is 0. The Hall–Kier alpha value is -0.0300. The van der Waals surface area contributed by atoms with E-state index in [1.54, 1.807) is 0 Å². The Labute approximate surface area is 60.4 Å². The average molecular weight is 169 g/mol. The predicted octanol–water partition coefficient (Wildman–Crippen LogP) is 0.510. The fraction of sp³-hybridized carbons (Fsp3) is 1.00. The van der Waals surface area contributed by atoms with Crippen LogP contribution in [0.5, 0.6) is 0 Å². The molecule has 2 nitrogen and oxygen atoms in total. The molecular formula is C5H9F2NOS. The highest BCUT2D eigenvalue weighted by Crippen LogP contribution is 2.43. The van der Waals surface area contributed by atoms with Crippen LogP contribution in [-0.2, 0) is 11.0 Å². The highest BCUT2D eigenvalue weighted by atomic mass is 32.2. The summed E-state index contributed by atoms with van der Waals surface area (Å²) in [6, 6.07) is 0. The summed E-state index contributed by atoms with van der Waals surface area (Å²) in [5.41, 5.74) is 0. The lowest BCUT2D eigenvalue weighted by atomic mass is 10.4. The molecule has 0 aromatic carbocycles. The molecule has 0 aromatic rings. The predicted molar refractivity (Wildman–Crippen MR) is 34.8 cm³/mol. The smallest absolute Gasteiger partial charge is 0.241 e. The minimum Gasteiger partial charge on any atom is -0.252 e. The van der Waals surface area contributed by atoms with Crippen molar-refractivity contribution in [1.82, 2.24) is 0 Å². The van der Waals surface area contributed by atoms with Gasteiger partial charge in [0, 0.05) is 11.7 Å². The molecule has 1 rings (SSSR count). The first kappa shape index (κ1) is 8.07. The van der Waals surface area contributed by atoms with Gasteiger partial charge in [-0.3, -0.25) is 5.14 Å². The first-order valence-corrected chi connectivity index (χ1v) is 4.40. The lowest BCUT2D eigenvalue weighted by Crippen LogP contribution is -2.11. The van der Waals surface area contributed by atoms with Gasteiger partial charge < -0.3 is 0 Å². The number of nitrogens with two attached hydrogens (primary N) is 1. The zero-order chi connectivity index (χ0) is 7.72. The van der Waals surface area contributed by atoms with E-state index >= 15 is 0 Å². The molecule has 1 fully saturated rings. The Morgan fingerprint density at radius 1 is 1.70 bits per heavy atom. The second kappa shape index (κ2) is 2.92. The normalized spacial score (nSPS) is 34.4. The van der Waals surface area contributed by atoms with Crippen LogP contribution in [0.15, 0.2) is 0 Å². The molecule has 0 aromatic heterocycles. The Kier molecular flexibility index (Phi) is 2.36. The zero-order valence-electron chi connectivity index (χ0n) is 5.30. The Bertz CT molecular complexity index is 153. The third kappa shape index (κ3) is 1.98. The van der Waals surface area contributed by atoms with Crippen molar-refractivity contribution in [3.63, 3.8) is 0 Å². The van der Waals surface area contributed by atoms with Crippen molar-refractivity contribution in [2.45, 2.75) is 12.8 Å². The van der Waals surface area contributed by atoms with E-state index in [0.29, 0.717) is 6.42 Å². The van der Waals surface area contributed by atoms with Gasteiger partial charge in [0.1, 0.15) is 0 Å². The highest BCUT2D eigenvalue weighted by Gasteiger charge is 2.44. The number of hydrogen-bond donors (Lipinski definition) is 1. The molecule has 1 aliphatic rings. The zero-order valence-corrected chi connectivity index (χ0v) is 6.11. The summed E-state index contributed by atoms with van der Waals surface area (Å²) in [6.07, 6.45) is -1.77. The lowest BCUT2D eigenvalue weighted by Gasteiger charge is -1.94. The molecule has 1 unspecified atom stereocenters. The van der Waals surface area contributed by atoms with E-state index < -0.39 is 23.3 Å². The molecular weight excluding hydrogens is 160 g/mol. The third-order valence-corrected chi connectivity index (χ3v) is 2.44. The number of rotatable bonds is 3. The van der Waals surface area contributed by atoms with E-state index in [4.69, 9.17) is 5.14 Å². The fourth-order valence-corrected chi connectivity index (χ4v) is 1.79. The molecule has 0 bridgehead atoms. The van der Waals surface area contributed by atoms with Crippen LogP contribution in [0.25, 0.3) is 0 Å². The minimum atomic E-state index is -2.26. The monoisotopic (exact) mass is 169 g/mol. The molecule has 0 amide bonds. The van der Waals surface area contributed by atoms with Crippen LogP contribution in [0.4, 0.5) is 8.78 Å². The van der Waals surface area contributed by atoms with Crippen molar-refractivity contribution in [2.75, 3.05) is 5.75 Å². The second-order valence-corrected chi connectivity index (χ2v) is 3.64. The average Bonchev–Trinajstić information content (AvgIpc) is 2.43. The molecule has 1 aliphatic carbocycles. The summed E-state index contributed by atoms with van der Waals surface area (Å²) in [7, 11) is -1.40. The van der Waals surface area contributed by atoms with E-state index in [-0.39, 0.29) is 11.7 Å². The first-order valence-electron chi connectivity index (χ1n) is 3.02. The second-order valence-electron chi connectivity index (χ2n) is 2.54. The van der Waals surface area contributed by atoms with Crippen LogP contribution in [0, 0.1) is 11.8 Å². The Morgan fingerprint density at radius 2 is 2.30 bits per heavy atom. The van der Waals surface area contributed by atoms with Gasteiger partial charge in [-0.05, 0) is 12.3 Å². The third-order valence-electron chi connectivity index (χ3n) is 1.68. The van der Waals surface area contributed by atoms with Crippen molar-refractivity contribution >= 4 is 11.0 Å². The van der Waals surface area contributed by atoms with E-state index in [2.05, 4.69) is 0 Å². The van der Waals surface area contributed by atoms with Crippen LogP contribution < -0.4 is 5.14 Å². The lowest BCUT2D eigenvalue weighted by molar-refractivity contribution is 0.117. The molecule has 1 saturated carbocycles. The number of hydrogen-bond acceptors (Lipinski definition) is 1. The molecule has 0 radical (unpaired) electrons. The molecule has 0 heterocycles. The molecule has 0 aliphatic heterocycles. The molecule has 60 valence electrons. The molecule has 0 spiro atoms. The van der Waals surface area contributed by atoms with Crippen LogP contribution in [0.3, 0.4) is 0 Å². The highest BCUT2D eigenvalue weighted by molar-refractivity contribution is 7.82. The van der Waals surface area contributed by atoms with Crippen LogP contribution in [0.1, 0.15) is 6.42 Å². The minimum absolute atomic E-state index is 0.0918. The summed E-state index contributed by atoms with van der Waals surface area (Å²) in [5.74, 6) is -0.395. The van der Waals surface area contributed by atoms with Gasteiger partial charge in [-0.1, -0.05) is 0 Å². The standard InChI is InChI=1S/C5H9F2NOS/c6-5(7)4-1-3(4)2-10(8)9/h3-5H,1-2,8H2/t3-,4-,10?/m0/s1. The van der Waals surface area contributed by atoms with Gasteiger partial charge in [-0.15, -0.1) is 0 Å². The van der Waals surface area contributed by atoms with Gasteiger partial charge in [0.15, 0.2) is 0 Å². The number of halogens is 2. The van der Waals surface area contributed by atoms with Gasteiger partial charge in [0.2, 0.25) is 6.43 Å². The SMILES string of the molecule is NS(=O)C[C@@H]1C[C@@H]1C(F)F. The molecule has 10 heavy (non-hydrogen) atoms. The number of alkyl halides is 2. The first-order chi connectivity index (χ1) is 4.61. The van der Waals surface area contributed by atoms with Crippen molar-refractivity contribution in [3.8, 4) is 0 Å². The van der Waals surface area contributed by atoms with Crippen molar-refractivity contribution < 1.29 is 13.0 Å². The fourth-order valence-electron chi connectivity index (χ4n) is 0.982. The van der Waals surface area contributed by atoms with E-state index in [1.165, 1.54) is 0 Å². The Balaban J connectivity index is 2.19. The summed E-state index contributed by atoms with van der Waals surface area (Å²) >= 11 is 0. The van der Waals surface area contributed by atoms with Gasteiger partial charge in [-0.2, -0.15) is 0 Å². The van der Waals surface area contributed by atoms with Crippen molar-refractivity contribution in [2.24, 2.45) is 17.0 Å². The van der Waals surface area contributed by atoms with Gasteiger partial charge >= 0.3 is 0 Å². The summed E-state index contributed by atoms with van der Waals surface area (Å²) < 4.78 is 33.9. The molecule has 5 heteroatoms. The van der Waals surface area contributed by atoms with E-state index in [9.17, 15) is 13.0 Å². The van der Waals surface area contributed by atoms with Gasteiger partial charge in [0.05, 0.1) is 11.0 Å². The van der Waals surface area contributed by atoms with E-state index in [0.717, 1.165) is 0 Å². The maximum atomic E-state index is 11.8. The maximum absolute atomic E-state index is 11.8. The van der Waals surface area contributed by atoms with Crippen LogP contribution in [-0.4, -0.2) is 16.4 Å². The van der Waals surface area contributed by atoms with Crippen molar-refractivity contribution in [3.05, 3.63) is 0 Å². The molecule has 0 saturated heterocycles. The summed E-state index contributed by atoms with van der Waals surface area (Å²) in [6.45, 7) is 0. The largest absolute Gasteiger partial charge is 0.252 e. The topological polar surface area (TPSA) is 43.1 Å². The quantitative estimate of drug-likeness (QED) is 0.657. The van der Waals surface area contributed by atoms with Crippen LogP contribution in [0.2, 0.25) is 0 Å². The van der Waals surface area contributed by atoms with Gasteiger partial charge in [0.25, 0.3) is 0 Å². The van der Waals surface area contributed by atoms with Gasteiger partial charge in [-0.25, -0.2) is 13.0 Å². The van der Waals surface area contributed by atoms with Crippen molar-refractivity contribution in [1.29, 1.82) is 0 Å².